The van der Waals surface area contributed by atoms with Crippen LogP contribution in [0.4, 0.5) is 0 Å². The second-order valence-corrected chi connectivity index (χ2v) is 13.6. The standard InChI is InChI=1S/C48H30BNO/c1-2-16-32-31(15-1)33-17-3-5-19-35(33)38-29-40-37-21-7-11-25-44(37)50(46(40)30-39(38)36-20-6-4-18-34(32)36)45-26-12-8-22-41(45)49-42-23-9-13-27-47(42)51-48-28-14-10-24-43(48)49/h1-30H. The van der Waals surface area contributed by atoms with Crippen LogP contribution in [0.15, 0.2) is 182 Å². The van der Waals surface area contributed by atoms with E-state index in [1.165, 1.54) is 88.4 Å². The highest BCUT2D eigenvalue weighted by molar-refractivity contribution is 6.97. The summed E-state index contributed by atoms with van der Waals surface area (Å²) in [6, 6.07) is 66.4. The van der Waals surface area contributed by atoms with Crippen LogP contribution >= 0.6 is 0 Å². The highest BCUT2D eigenvalue weighted by atomic mass is 16.5. The number of para-hydroxylation sites is 4. The highest BCUT2D eigenvalue weighted by Gasteiger charge is 2.34. The molecule has 0 radical (unpaired) electrons. The number of hydrogen-bond acceptors (Lipinski definition) is 1. The molecule has 0 bridgehead atoms. The van der Waals surface area contributed by atoms with Crippen LogP contribution < -0.4 is 21.1 Å². The number of ether oxygens (including phenoxy) is 1. The van der Waals surface area contributed by atoms with Gasteiger partial charge in [-0.3, -0.25) is 0 Å². The van der Waals surface area contributed by atoms with Crippen LogP contribution in [0.25, 0.3) is 72.0 Å². The van der Waals surface area contributed by atoms with Crippen molar-refractivity contribution in [2.75, 3.05) is 0 Å². The Morgan fingerprint density at radius 2 is 0.765 bits per heavy atom. The Morgan fingerprint density at radius 1 is 0.333 bits per heavy atom. The topological polar surface area (TPSA) is 14.2 Å². The second kappa shape index (κ2) is 11.0. The average molecular weight is 648 g/mol. The molecule has 9 aromatic rings. The maximum Gasteiger partial charge on any atom is 0.253 e. The van der Waals surface area contributed by atoms with E-state index in [-0.39, 0.29) is 6.71 Å². The Hall–Kier alpha value is -6.58. The largest absolute Gasteiger partial charge is 0.458 e. The minimum Gasteiger partial charge on any atom is -0.458 e. The van der Waals surface area contributed by atoms with E-state index < -0.39 is 0 Å². The number of rotatable bonds is 2. The Labute approximate surface area is 296 Å². The first-order valence-corrected chi connectivity index (χ1v) is 17.6. The van der Waals surface area contributed by atoms with E-state index in [4.69, 9.17) is 4.74 Å². The summed E-state index contributed by atoms with van der Waals surface area (Å²) >= 11 is 0. The SMILES string of the molecule is c1ccc2c(c1)Oc1ccccc1B2c1ccccc1-n1c2ccccc2c2cc3c(cc21)-c1ccccc1-c1ccccc1-c1ccccc1-3. The van der Waals surface area contributed by atoms with Gasteiger partial charge in [0.05, 0.1) is 11.0 Å². The third kappa shape index (κ3) is 4.12. The Morgan fingerprint density at radius 3 is 1.35 bits per heavy atom. The molecule has 236 valence electrons. The third-order valence-electron chi connectivity index (χ3n) is 10.9. The summed E-state index contributed by atoms with van der Waals surface area (Å²) in [5, 5.41) is 2.49. The van der Waals surface area contributed by atoms with Gasteiger partial charge in [-0.2, -0.15) is 0 Å². The van der Waals surface area contributed by atoms with Gasteiger partial charge < -0.3 is 9.30 Å². The molecule has 0 saturated heterocycles. The molecule has 0 amide bonds. The van der Waals surface area contributed by atoms with Crippen molar-refractivity contribution in [2.24, 2.45) is 0 Å². The van der Waals surface area contributed by atoms with E-state index in [0.29, 0.717) is 0 Å². The monoisotopic (exact) mass is 647 g/mol. The van der Waals surface area contributed by atoms with Crippen molar-refractivity contribution in [3.05, 3.63) is 182 Å². The molecule has 0 spiro atoms. The van der Waals surface area contributed by atoms with Crippen molar-refractivity contribution >= 4 is 44.9 Å². The molecule has 3 heteroatoms. The Bertz CT molecular complexity index is 2820. The van der Waals surface area contributed by atoms with Gasteiger partial charge >= 0.3 is 0 Å². The summed E-state index contributed by atoms with van der Waals surface area (Å²) in [7, 11) is 0. The van der Waals surface area contributed by atoms with E-state index in [9.17, 15) is 0 Å². The zero-order chi connectivity index (χ0) is 33.5. The molecule has 51 heavy (non-hydrogen) atoms. The fourth-order valence-corrected chi connectivity index (χ4v) is 8.76. The minimum absolute atomic E-state index is 0.00649. The van der Waals surface area contributed by atoms with Gasteiger partial charge in [-0.15, -0.1) is 0 Å². The van der Waals surface area contributed by atoms with Crippen LogP contribution in [0.3, 0.4) is 0 Å². The first kappa shape index (κ1) is 28.3. The van der Waals surface area contributed by atoms with Crippen molar-refractivity contribution in [1.29, 1.82) is 0 Å². The predicted molar refractivity (Wildman–Crippen MR) is 214 cm³/mol. The van der Waals surface area contributed by atoms with Gasteiger partial charge in [0.15, 0.2) is 0 Å². The first-order valence-electron chi connectivity index (χ1n) is 17.6. The first-order chi connectivity index (χ1) is 25.3. The van der Waals surface area contributed by atoms with Gasteiger partial charge in [0.25, 0.3) is 6.71 Å². The zero-order valence-electron chi connectivity index (χ0n) is 27.8. The molecule has 0 N–H and O–H groups in total. The molecule has 1 aliphatic heterocycles. The smallest absolute Gasteiger partial charge is 0.253 e. The molecule has 11 rings (SSSR count). The van der Waals surface area contributed by atoms with Crippen molar-refractivity contribution in [3.8, 4) is 61.7 Å². The summed E-state index contributed by atoms with van der Waals surface area (Å²) in [5.74, 6) is 1.82. The fraction of sp³-hybridized carbons (Fsp3) is 0. The summed E-state index contributed by atoms with van der Waals surface area (Å²) < 4.78 is 8.97. The maximum absolute atomic E-state index is 6.46. The molecule has 1 aliphatic carbocycles. The van der Waals surface area contributed by atoms with E-state index in [1.54, 1.807) is 0 Å². The second-order valence-electron chi connectivity index (χ2n) is 13.6. The lowest BCUT2D eigenvalue weighted by atomic mass is 9.35. The molecular formula is C48H30BNO. The third-order valence-corrected chi connectivity index (χ3v) is 10.9. The molecular weight excluding hydrogens is 617 g/mol. The maximum atomic E-state index is 6.46. The number of benzene rings is 8. The molecule has 0 saturated carbocycles. The Balaban J connectivity index is 1.25. The van der Waals surface area contributed by atoms with Gasteiger partial charge in [0, 0.05) is 16.5 Å². The lowest BCUT2D eigenvalue weighted by Crippen LogP contribution is -2.55. The molecule has 0 unspecified atom stereocenters. The molecule has 1 aromatic heterocycles. The molecule has 2 aliphatic rings. The quantitative estimate of drug-likeness (QED) is 0.170. The van der Waals surface area contributed by atoms with Gasteiger partial charge in [0.1, 0.15) is 11.5 Å². The van der Waals surface area contributed by atoms with E-state index >= 15 is 0 Å². The summed E-state index contributed by atoms with van der Waals surface area (Å²) in [6.07, 6.45) is 0. The van der Waals surface area contributed by atoms with Crippen molar-refractivity contribution < 1.29 is 4.74 Å². The molecule has 8 aromatic carbocycles. The molecule has 2 nitrogen and oxygen atoms in total. The average Bonchev–Trinajstić information content (AvgIpc) is 3.52. The molecule has 0 atom stereocenters. The van der Waals surface area contributed by atoms with Crippen LogP contribution in [0.1, 0.15) is 0 Å². The van der Waals surface area contributed by atoms with Gasteiger partial charge in [0.2, 0.25) is 0 Å². The minimum atomic E-state index is 0.00649. The number of fused-ring (bicyclic) bond motifs is 13. The lowest BCUT2D eigenvalue weighted by molar-refractivity contribution is 0.487. The lowest BCUT2D eigenvalue weighted by Gasteiger charge is -2.28. The highest BCUT2D eigenvalue weighted by Crippen LogP contribution is 2.49. The van der Waals surface area contributed by atoms with E-state index in [1.807, 2.05) is 0 Å². The number of aromatic nitrogens is 1. The van der Waals surface area contributed by atoms with E-state index in [0.717, 1.165) is 11.5 Å². The summed E-state index contributed by atoms with van der Waals surface area (Å²) in [5.41, 5.74) is 17.2. The van der Waals surface area contributed by atoms with Crippen molar-refractivity contribution in [3.63, 3.8) is 0 Å². The number of hydrogen-bond donors (Lipinski definition) is 0. The van der Waals surface area contributed by atoms with Crippen LogP contribution in [0.5, 0.6) is 11.5 Å². The van der Waals surface area contributed by atoms with E-state index in [2.05, 4.69) is 187 Å². The van der Waals surface area contributed by atoms with Gasteiger partial charge in [-0.25, -0.2) is 0 Å². The fourth-order valence-electron chi connectivity index (χ4n) is 8.76. The Kier molecular flexibility index (Phi) is 6.08. The van der Waals surface area contributed by atoms with Crippen LogP contribution in [0, 0.1) is 0 Å². The summed E-state index contributed by atoms with van der Waals surface area (Å²) in [4.78, 5) is 0. The summed E-state index contributed by atoms with van der Waals surface area (Å²) in [6.45, 7) is 0.00649. The van der Waals surface area contributed by atoms with Gasteiger partial charge in [-0.1, -0.05) is 146 Å². The normalized spacial score (nSPS) is 12.4. The predicted octanol–water partition coefficient (Wildman–Crippen LogP) is 10.4. The van der Waals surface area contributed by atoms with Crippen LogP contribution in [0.2, 0.25) is 0 Å². The van der Waals surface area contributed by atoms with Crippen LogP contribution in [-0.4, -0.2) is 11.3 Å². The number of nitrogens with zero attached hydrogens (tertiary/aromatic N) is 1. The molecule has 0 fully saturated rings. The molecule has 2 heterocycles. The van der Waals surface area contributed by atoms with Gasteiger partial charge in [-0.05, 0) is 97.3 Å². The van der Waals surface area contributed by atoms with Crippen molar-refractivity contribution in [1.82, 2.24) is 4.57 Å². The van der Waals surface area contributed by atoms with Crippen molar-refractivity contribution in [2.45, 2.75) is 0 Å². The zero-order valence-corrected chi connectivity index (χ0v) is 27.8. The van der Waals surface area contributed by atoms with Crippen LogP contribution in [-0.2, 0) is 0 Å².